The average Bonchev–Trinajstić information content (AvgIpc) is 3.16. The summed E-state index contributed by atoms with van der Waals surface area (Å²) in [5.41, 5.74) is 7.22. The number of rotatable bonds is 1. The molecule has 4 atom stereocenters. The molecule has 9 rings (SSSR count). The van der Waals surface area contributed by atoms with Crippen molar-refractivity contribution in [3.63, 3.8) is 0 Å². The molecule has 0 aromatic heterocycles. The number of nitrogens with zero attached hydrogens (tertiary/aromatic N) is 1. The molecule has 0 bridgehead atoms. The van der Waals surface area contributed by atoms with Crippen molar-refractivity contribution >= 4 is 17.5 Å². The highest BCUT2D eigenvalue weighted by Crippen LogP contribution is 2.81. The maximum absolute atomic E-state index is 15.2. The van der Waals surface area contributed by atoms with E-state index in [1.807, 2.05) is 54.6 Å². The fourth-order valence-corrected chi connectivity index (χ4v) is 8.72. The largest absolute Gasteiger partial charge is 0.273 e. The normalized spacial score (nSPS) is 26.7. The Labute approximate surface area is 226 Å². The monoisotopic (exact) mass is 501 g/mol. The number of hydrogen-bond acceptors (Lipinski definition) is 2. The van der Waals surface area contributed by atoms with Gasteiger partial charge in [-0.15, -0.1) is 0 Å². The van der Waals surface area contributed by atoms with Gasteiger partial charge in [-0.25, -0.2) is 4.90 Å². The van der Waals surface area contributed by atoms with Crippen molar-refractivity contribution in [2.24, 2.45) is 0 Å². The molecule has 5 aromatic rings. The third-order valence-electron chi connectivity index (χ3n) is 9.86. The maximum atomic E-state index is 15.2. The molecule has 1 aliphatic heterocycles. The van der Waals surface area contributed by atoms with Crippen LogP contribution >= 0.6 is 0 Å². The van der Waals surface area contributed by atoms with Gasteiger partial charge in [0.15, 0.2) is 0 Å². The lowest BCUT2D eigenvalue weighted by Crippen LogP contribution is -2.72. The van der Waals surface area contributed by atoms with Gasteiger partial charge in [0.2, 0.25) is 11.8 Å². The number of amides is 2. The number of carbonyl (C=O) groups is 2. The SMILES string of the molecule is O=C1N(c2ccccc2)C(=O)[C@]23c4ccccc4-c4ccccc4[C@]12[C@H]1c2ccccc2-c2ccccc2[C@H]13. The molecular formula is C36H23NO2. The second-order valence-electron chi connectivity index (χ2n) is 11.1. The van der Waals surface area contributed by atoms with Crippen molar-refractivity contribution in [3.05, 3.63) is 150 Å². The minimum absolute atomic E-state index is 0.115. The van der Waals surface area contributed by atoms with Gasteiger partial charge >= 0.3 is 0 Å². The van der Waals surface area contributed by atoms with E-state index in [1.165, 1.54) is 4.90 Å². The summed E-state index contributed by atoms with van der Waals surface area (Å²) in [7, 11) is 0. The van der Waals surface area contributed by atoms with Crippen molar-refractivity contribution in [3.8, 4) is 22.3 Å². The summed E-state index contributed by atoms with van der Waals surface area (Å²) in [6.45, 7) is 0. The van der Waals surface area contributed by atoms with Crippen LogP contribution in [0.5, 0.6) is 0 Å². The molecule has 4 aliphatic rings. The van der Waals surface area contributed by atoms with Crippen molar-refractivity contribution in [2.75, 3.05) is 4.90 Å². The molecule has 0 unspecified atom stereocenters. The lowest BCUT2D eigenvalue weighted by molar-refractivity contribution is -0.136. The molecule has 0 N–H and O–H groups in total. The molecule has 2 fully saturated rings. The smallest absolute Gasteiger partial charge is 0.246 e. The predicted molar refractivity (Wildman–Crippen MR) is 152 cm³/mol. The van der Waals surface area contributed by atoms with Crippen LogP contribution in [0.4, 0.5) is 5.69 Å². The molecule has 5 aromatic carbocycles. The Morgan fingerprint density at radius 3 is 1.31 bits per heavy atom. The first-order valence-corrected chi connectivity index (χ1v) is 13.5. The van der Waals surface area contributed by atoms with Gasteiger partial charge in [0.25, 0.3) is 0 Å². The van der Waals surface area contributed by atoms with Crippen molar-refractivity contribution < 1.29 is 9.59 Å². The van der Waals surface area contributed by atoms with E-state index >= 15 is 9.59 Å². The Morgan fingerprint density at radius 2 is 0.821 bits per heavy atom. The molecule has 39 heavy (non-hydrogen) atoms. The zero-order chi connectivity index (χ0) is 25.9. The van der Waals surface area contributed by atoms with E-state index in [-0.39, 0.29) is 23.7 Å². The van der Waals surface area contributed by atoms with E-state index in [1.54, 1.807) is 0 Å². The van der Waals surface area contributed by atoms with Gasteiger partial charge in [0.05, 0.1) is 5.69 Å². The highest BCUT2D eigenvalue weighted by atomic mass is 16.2. The minimum atomic E-state index is -1.04. The zero-order valence-electron chi connectivity index (χ0n) is 21.0. The van der Waals surface area contributed by atoms with Gasteiger partial charge in [-0.05, 0) is 56.6 Å². The number of anilines is 1. The minimum Gasteiger partial charge on any atom is -0.273 e. The van der Waals surface area contributed by atoms with Gasteiger partial charge < -0.3 is 0 Å². The van der Waals surface area contributed by atoms with Crippen LogP contribution in [0.3, 0.4) is 0 Å². The van der Waals surface area contributed by atoms with E-state index in [2.05, 4.69) is 72.8 Å². The van der Waals surface area contributed by atoms with Gasteiger partial charge in [-0.2, -0.15) is 0 Å². The van der Waals surface area contributed by atoms with Crippen LogP contribution in [0.2, 0.25) is 0 Å². The van der Waals surface area contributed by atoms with Crippen LogP contribution in [0.25, 0.3) is 22.3 Å². The fraction of sp³-hybridized carbons (Fsp3) is 0.111. The first-order valence-electron chi connectivity index (χ1n) is 13.5. The first kappa shape index (κ1) is 21.2. The highest BCUT2D eigenvalue weighted by molar-refractivity contribution is 6.33. The van der Waals surface area contributed by atoms with E-state index in [4.69, 9.17) is 0 Å². The summed E-state index contributed by atoms with van der Waals surface area (Å²) in [6, 6.07) is 43.0. The third-order valence-corrected chi connectivity index (χ3v) is 9.86. The van der Waals surface area contributed by atoms with Gasteiger partial charge in [0, 0.05) is 11.8 Å². The van der Waals surface area contributed by atoms with Gasteiger partial charge in [-0.3, -0.25) is 9.59 Å². The van der Waals surface area contributed by atoms with E-state index in [0.717, 1.165) is 44.5 Å². The summed E-state index contributed by atoms with van der Waals surface area (Å²) in [6.07, 6.45) is 0. The Hall–Kier alpha value is -4.76. The fourth-order valence-electron chi connectivity index (χ4n) is 8.72. The third kappa shape index (κ3) is 2.10. The number of carbonyl (C=O) groups excluding carboxylic acids is 2. The second-order valence-corrected chi connectivity index (χ2v) is 11.1. The average molecular weight is 502 g/mol. The maximum Gasteiger partial charge on any atom is 0.246 e. The Kier molecular flexibility index (Phi) is 3.81. The van der Waals surface area contributed by atoms with Crippen LogP contribution in [0.1, 0.15) is 34.1 Å². The molecular weight excluding hydrogens is 478 g/mol. The molecule has 0 radical (unpaired) electrons. The zero-order valence-corrected chi connectivity index (χ0v) is 21.0. The number of fused-ring (bicyclic) bond motifs is 9. The standard InChI is InChI=1S/C36H23NO2/c38-33-35-29-20-10-8-16-25(29)26-17-9-11-21-30(26)36(35,34(39)37(33)22-12-2-1-3-13-22)32-28-19-7-5-15-24(28)23-14-4-6-18-27(23)31(32)35/h1-21,31-32H/t31-,32+,35-,36+. The van der Waals surface area contributed by atoms with Crippen LogP contribution < -0.4 is 4.90 Å². The van der Waals surface area contributed by atoms with E-state index in [0.29, 0.717) is 5.69 Å². The molecule has 3 heteroatoms. The van der Waals surface area contributed by atoms with Gasteiger partial charge in [-0.1, -0.05) is 115 Å². The lowest BCUT2D eigenvalue weighted by Gasteiger charge is -2.67. The quantitative estimate of drug-likeness (QED) is 0.233. The second kappa shape index (κ2) is 7.00. The molecule has 3 nitrogen and oxygen atoms in total. The predicted octanol–water partition coefficient (Wildman–Crippen LogP) is 6.98. The molecule has 184 valence electrons. The molecule has 3 aliphatic carbocycles. The number of benzene rings is 5. The first-order chi connectivity index (χ1) is 19.2. The molecule has 1 saturated carbocycles. The number of hydrogen-bond donors (Lipinski definition) is 0. The molecule has 2 amide bonds. The van der Waals surface area contributed by atoms with E-state index in [9.17, 15) is 0 Å². The van der Waals surface area contributed by atoms with E-state index < -0.39 is 10.8 Å². The molecule has 1 heterocycles. The molecule has 1 saturated heterocycles. The van der Waals surface area contributed by atoms with Crippen LogP contribution in [0.15, 0.2) is 127 Å². The molecule has 0 spiro atoms. The summed E-state index contributed by atoms with van der Waals surface area (Å²) < 4.78 is 0. The summed E-state index contributed by atoms with van der Waals surface area (Å²) in [5.74, 6) is -0.557. The van der Waals surface area contributed by atoms with Crippen molar-refractivity contribution in [1.82, 2.24) is 0 Å². The van der Waals surface area contributed by atoms with Gasteiger partial charge in [0.1, 0.15) is 10.8 Å². The topological polar surface area (TPSA) is 37.4 Å². The summed E-state index contributed by atoms with van der Waals surface area (Å²) >= 11 is 0. The Balaban J connectivity index is 1.48. The van der Waals surface area contributed by atoms with Crippen molar-refractivity contribution in [1.29, 1.82) is 0 Å². The Morgan fingerprint density at radius 1 is 0.436 bits per heavy atom. The summed E-state index contributed by atoms with van der Waals surface area (Å²) in [5, 5.41) is 0. The number of para-hydroxylation sites is 1. The number of imide groups is 1. The highest BCUT2D eigenvalue weighted by Gasteiger charge is 2.87. The van der Waals surface area contributed by atoms with Crippen LogP contribution in [-0.4, -0.2) is 11.8 Å². The lowest BCUT2D eigenvalue weighted by atomic mass is 9.30. The Bertz CT molecular complexity index is 1770. The van der Waals surface area contributed by atoms with Crippen LogP contribution in [0, 0.1) is 0 Å². The summed E-state index contributed by atoms with van der Waals surface area (Å²) in [4.78, 5) is 31.9. The van der Waals surface area contributed by atoms with Crippen molar-refractivity contribution in [2.45, 2.75) is 22.7 Å². The van der Waals surface area contributed by atoms with Crippen LogP contribution in [-0.2, 0) is 20.4 Å².